The van der Waals surface area contributed by atoms with Gasteiger partial charge in [0.05, 0.1) is 29.5 Å². The predicted molar refractivity (Wildman–Crippen MR) is 108 cm³/mol. The molecule has 1 aliphatic heterocycles. The second-order valence-corrected chi connectivity index (χ2v) is 7.05. The molecule has 0 amide bonds. The van der Waals surface area contributed by atoms with Gasteiger partial charge in [0.2, 0.25) is 0 Å². The first-order valence-electron chi connectivity index (χ1n) is 9.56. The van der Waals surface area contributed by atoms with E-state index >= 15 is 0 Å². The summed E-state index contributed by atoms with van der Waals surface area (Å²) in [5.41, 5.74) is 6.78. The summed E-state index contributed by atoms with van der Waals surface area (Å²) in [4.78, 5) is 19.4. The summed E-state index contributed by atoms with van der Waals surface area (Å²) in [6.45, 7) is 1.78. The van der Waals surface area contributed by atoms with E-state index in [2.05, 4.69) is 55.2 Å². The molecular weight excluding hydrogens is 346 g/mol. The monoisotopic (exact) mass is 367 g/mol. The molecule has 0 bridgehead atoms. The minimum absolute atomic E-state index is 0.120. The van der Waals surface area contributed by atoms with Gasteiger partial charge in [-0.05, 0) is 29.8 Å². The van der Waals surface area contributed by atoms with Gasteiger partial charge in [-0.3, -0.25) is 14.9 Å². The lowest BCUT2D eigenvalue weighted by Crippen LogP contribution is -2.36. The lowest BCUT2D eigenvalue weighted by molar-refractivity contribution is 0.198. The Hall–Kier alpha value is -3.31. The van der Waals surface area contributed by atoms with E-state index in [1.165, 1.54) is 11.3 Å². The van der Waals surface area contributed by atoms with Crippen molar-refractivity contribution in [3.63, 3.8) is 0 Å². The summed E-state index contributed by atoms with van der Waals surface area (Å²) in [6.07, 6.45) is 6.47. The zero-order chi connectivity index (χ0) is 18.8. The quantitative estimate of drug-likeness (QED) is 0.592. The fourth-order valence-electron chi connectivity index (χ4n) is 3.93. The van der Waals surface area contributed by atoms with Gasteiger partial charge in [-0.1, -0.05) is 36.4 Å². The minimum atomic E-state index is 0.120. The average Bonchev–Trinajstić information content (AvgIpc) is 3.24. The fourth-order valence-corrected chi connectivity index (χ4v) is 3.93. The van der Waals surface area contributed by atoms with E-state index in [1.807, 2.05) is 49.1 Å². The Morgan fingerprint density at radius 2 is 1.71 bits per heavy atom. The molecule has 0 saturated carbocycles. The summed E-state index contributed by atoms with van der Waals surface area (Å²) in [7, 11) is 0. The number of fused-ring (bicyclic) bond motifs is 1. The fraction of sp³-hybridized carbons (Fsp3) is 0.174. The molecule has 138 valence electrons. The molecule has 5 nitrogen and oxygen atoms in total. The molecule has 0 unspecified atom stereocenters. The van der Waals surface area contributed by atoms with Crippen LogP contribution in [0, 0.1) is 0 Å². The van der Waals surface area contributed by atoms with Crippen molar-refractivity contribution in [1.82, 2.24) is 24.8 Å². The van der Waals surface area contributed by atoms with Gasteiger partial charge in [0.25, 0.3) is 0 Å². The van der Waals surface area contributed by atoms with Gasteiger partial charge in [-0.2, -0.15) is 0 Å². The van der Waals surface area contributed by atoms with Gasteiger partial charge >= 0.3 is 0 Å². The Bertz CT molecular complexity index is 1040. The standard InChI is InChI=1S/C23H21N5/c1-3-12-24-19(5-1)15-28-14-11-21-22(27-16-26-21)23(28)18-9-7-17(8-10-18)20-6-2-4-13-25-20/h1-10,12-13,16,23H,11,14-15H2,(H,26,27)/t23-/m1/s1. The number of hydrogen-bond donors (Lipinski definition) is 1. The third-order valence-corrected chi connectivity index (χ3v) is 5.30. The third-order valence-electron chi connectivity index (χ3n) is 5.30. The first kappa shape index (κ1) is 16.8. The summed E-state index contributed by atoms with van der Waals surface area (Å²) >= 11 is 0. The highest BCUT2D eigenvalue weighted by atomic mass is 15.2. The number of H-pyrrole nitrogens is 1. The summed E-state index contributed by atoms with van der Waals surface area (Å²) < 4.78 is 0. The van der Waals surface area contributed by atoms with E-state index in [0.717, 1.165) is 42.2 Å². The maximum Gasteiger partial charge on any atom is 0.0926 e. The van der Waals surface area contributed by atoms with Crippen LogP contribution in [0.15, 0.2) is 79.4 Å². The molecule has 0 spiro atoms. The lowest BCUT2D eigenvalue weighted by atomic mass is 9.94. The van der Waals surface area contributed by atoms with Crippen LogP contribution in [0.3, 0.4) is 0 Å². The highest BCUT2D eigenvalue weighted by Crippen LogP contribution is 2.35. The number of imidazole rings is 1. The Labute approximate surface area is 164 Å². The van der Waals surface area contributed by atoms with Crippen LogP contribution in [0.2, 0.25) is 0 Å². The van der Waals surface area contributed by atoms with E-state index in [0.29, 0.717) is 0 Å². The first-order chi connectivity index (χ1) is 13.9. The topological polar surface area (TPSA) is 57.7 Å². The highest BCUT2D eigenvalue weighted by molar-refractivity contribution is 5.59. The molecule has 1 atom stereocenters. The van der Waals surface area contributed by atoms with Crippen molar-refractivity contribution in [2.45, 2.75) is 19.0 Å². The number of nitrogens with one attached hydrogen (secondary N) is 1. The first-order valence-corrected chi connectivity index (χ1v) is 9.56. The van der Waals surface area contributed by atoms with Crippen molar-refractivity contribution in [2.24, 2.45) is 0 Å². The second kappa shape index (κ2) is 7.37. The Balaban J connectivity index is 1.49. The number of pyridine rings is 2. The van der Waals surface area contributed by atoms with E-state index in [-0.39, 0.29) is 6.04 Å². The van der Waals surface area contributed by atoms with Crippen molar-refractivity contribution in [2.75, 3.05) is 6.54 Å². The van der Waals surface area contributed by atoms with E-state index in [9.17, 15) is 0 Å². The Morgan fingerprint density at radius 1 is 0.893 bits per heavy atom. The minimum Gasteiger partial charge on any atom is -0.348 e. The van der Waals surface area contributed by atoms with Crippen LogP contribution >= 0.6 is 0 Å². The number of aromatic nitrogens is 4. The van der Waals surface area contributed by atoms with Crippen LogP contribution in [0.5, 0.6) is 0 Å². The molecule has 1 aromatic carbocycles. The van der Waals surface area contributed by atoms with Gasteiger partial charge in [0.15, 0.2) is 0 Å². The van der Waals surface area contributed by atoms with E-state index in [1.54, 1.807) is 0 Å². The van der Waals surface area contributed by atoms with Gasteiger partial charge in [0, 0.05) is 43.2 Å². The summed E-state index contributed by atoms with van der Waals surface area (Å²) in [5.74, 6) is 0. The maximum absolute atomic E-state index is 4.66. The summed E-state index contributed by atoms with van der Waals surface area (Å²) in [5, 5.41) is 0. The lowest BCUT2D eigenvalue weighted by Gasteiger charge is -2.35. The van der Waals surface area contributed by atoms with Gasteiger partial charge in [0.1, 0.15) is 0 Å². The molecule has 0 saturated heterocycles. The van der Waals surface area contributed by atoms with Crippen molar-refractivity contribution in [3.8, 4) is 11.3 Å². The molecule has 1 aliphatic rings. The molecule has 4 heterocycles. The Kier molecular flexibility index (Phi) is 4.43. The molecule has 0 aliphatic carbocycles. The average molecular weight is 367 g/mol. The van der Waals surface area contributed by atoms with Crippen LogP contribution in [-0.2, 0) is 13.0 Å². The molecule has 5 rings (SSSR count). The van der Waals surface area contributed by atoms with Crippen molar-refractivity contribution in [1.29, 1.82) is 0 Å². The van der Waals surface area contributed by atoms with Crippen molar-refractivity contribution in [3.05, 3.63) is 102 Å². The molecule has 0 radical (unpaired) electrons. The van der Waals surface area contributed by atoms with Crippen LogP contribution in [0.4, 0.5) is 0 Å². The molecule has 1 N–H and O–H groups in total. The SMILES string of the molecule is c1ccc(CN2CCc3[nH]cnc3[C@H]2c2ccc(-c3ccccn3)cc2)nc1. The number of hydrogen-bond acceptors (Lipinski definition) is 4. The molecule has 3 aromatic heterocycles. The highest BCUT2D eigenvalue weighted by Gasteiger charge is 2.31. The molecular formula is C23H21N5. The number of benzene rings is 1. The van der Waals surface area contributed by atoms with Crippen molar-refractivity contribution < 1.29 is 0 Å². The smallest absolute Gasteiger partial charge is 0.0926 e. The maximum atomic E-state index is 4.66. The van der Waals surface area contributed by atoms with E-state index < -0.39 is 0 Å². The molecule has 28 heavy (non-hydrogen) atoms. The molecule has 4 aromatic rings. The second-order valence-electron chi connectivity index (χ2n) is 7.05. The summed E-state index contributed by atoms with van der Waals surface area (Å²) in [6, 6.07) is 20.9. The molecule has 5 heteroatoms. The van der Waals surface area contributed by atoms with E-state index in [4.69, 9.17) is 0 Å². The van der Waals surface area contributed by atoms with Crippen LogP contribution in [0.1, 0.15) is 28.7 Å². The zero-order valence-electron chi connectivity index (χ0n) is 15.5. The Morgan fingerprint density at radius 3 is 2.46 bits per heavy atom. The van der Waals surface area contributed by atoms with Crippen molar-refractivity contribution >= 4 is 0 Å². The van der Waals surface area contributed by atoms with Crippen LogP contribution in [-0.4, -0.2) is 31.4 Å². The van der Waals surface area contributed by atoms with Crippen LogP contribution in [0.25, 0.3) is 11.3 Å². The van der Waals surface area contributed by atoms with Gasteiger partial charge in [-0.25, -0.2) is 4.98 Å². The van der Waals surface area contributed by atoms with Crippen LogP contribution < -0.4 is 0 Å². The normalized spacial score (nSPS) is 16.6. The number of nitrogens with zero attached hydrogens (tertiary/aromatic N) is 4. The van der Waals surface area contributed by atoms with Gasteiger partial charge < -0.3 is 4.98 Å². The largest absolute Gasteiger partial charge is 0.348 e. The number of rotatable bonds is 4. The van der Waals surface area contributed by atoms with Gasteiger partial charge in [-0.15, -0.1) is 0 Å². The number of aromatic amines is 1. The molecule has 0 fully saturated rings. The predicted octanol–water partition coefficient (Wildman–Crippen LogP) is 4.01. The zero-order valence-corrected chi connectivity index (χ0v) is 15.5. The third kappa shape index (κ3) is 3.21.